The molecule has 15 heavy (non-hydrogen) atoms. The molecular weight excluding hydrogens is 188 g/mol. The summed E-state index contributed by atoms with van der Waals surface area (Å²) in [5.41, 5.74) is 0.525. The van der Waals surface area contributed by atoms with E-state index in [9.17, 15) is 4.79 Å². The van der Waals surface area contributed by atoms with Crippen LogP contribution in [0.15, 0.2) is 18.6 Å². The van der Waals surface area contributed by atoms with E-state index < -0.39 is 0 Å². The zero-order chi connectivity index (χ0) is 10.7. The second kappa shape index (κ2) is 4.51. The molecule has 0 saturated heterocycles. The first-order valence-corrected chi connectivity index (χ1v) is 5.57. The Morgan fingerprint density at radius 2 is 2.27 bits per heavy atom. The zero-order valence-corrected chi connectivity index (χ0v) is 9.02. The van der Waals surface area contributed by atoms with E-state index in [2.05, 4.69) is 16.9 Å². The van der Waals surface area contributed by atoms with Crippen LogP contribution < -0.4 is 0 Å². The highest BCUT2D eigenvalue weighted by molar-refractivity contribution is 5.95. The van der Waals surface area contributed by atoms with Crippen LogP contribution in [0.5, 0.6) is 0 Å². The van der Waals surface area contributed by atoms with Gasteiger partial charge in [0.2, 0.25) is 0 Å². The third-order valence-electron chi connectivity index (χ3n) is 3.12. The second-order valence-electron chi connectivity index (χ2n) is 4.42. The topological polar surface area (TPSA) is 42.9 Å². The average Bonchev–Trinajstić information content (AvgIpc) is 2.29. The molecule has 2 unspecified atom stereocenters. The molecule has 0 aromatic carbocycles. The number of rotatable bonds is 2. The second-order valence-corrected chi connectivity index (χ2v) is 4.42. The number of ketones is 1. The normalized spacial score (nSPS) is 26.2. The molecule has 80 valence electrons. The Bertz CT molecular complexity index is 337. The summed E-state index contributed by atoms with van der Waals surface area (Å²) in [6.07, 6.45) is 9.19. The molecule has 3 heteroatoms. The maximum Gasteiger partial charge on any atom is 0.185 e. The van der Waals surface area contributed by atoms with E-state index in [4.69, 9.17) is 0 Å². The van der Waals surface area contributed by atoms with Crippen LogP contribution in [0.2, 0.25) is 0 Å². The number of carbonyl (C=O) groups excluding carboxylic acids is 1. The van der Waals surface area contributed by atoms with E-state index in [-0.39, 0.29) is 11.7 Å². The number of hydrogen-bond acceptors (Lipinski definition) is 3. The van der Waals surface area contributed by atoms with Crippen molar-refractivity contribution >= 4 is 5.78 Å². The third-order valence-corrected chi connectivity index (χ3v) is 3.12. The number of carbonyl (C=O) groups is 1. The monoisotopic (exact) mass is 204 g/mol. The lowest BCUT2D eigenvalue weighted by molar-refractivity contribution is 0.0862. The van der Waals surface area contributed by atoms with Crippen LogP contribution in [0, 0.1) is 11.8 Å². The van der Waals surface area contributed by atoms with Gasteiger partial charge in [-0.1, -0.05) is 19.8 Å². The molecule has 1 aromatic rings. The fourth-order valence-electron chi connectivity index (χ4n) is 2.31. The maximum absolute atomic E-state index is 12.0. The van der Waals surface area contributed by atoms with Crippen LogP contribution >= 0.6 is 0 Å². The van der Waals surface area contributed by atoms with Crippen LogP contribution in [0.3, 0.4) is 0 Å². The lowest BCUT2D eigenvalue weighted by atomic mass is 9.79. The van der Waals surface area contributed by atoms with Crippen LogP contribution in [0.4, 0.5) is 0 Å². The van der Waals surface area contributed by atoms with Crippen LogP contribution in [-0.2, 0) is 0 Å². The molecular formula is C12H16N2O. The van der Waals surface area contributed by atoms with E-state index >= 15 is 0 Å². The summed E-state index contributed by atoms with van der Waals surface area (Å²) in [7, 11) is 0. The Kier molecular flexibility index (Phi) is 3.09. The van der Waals surface area contributed by atoms with E-state index in [1.54, 1.807) is 18.6 Å². The standard InChI is InChI=1S/C12H16N2O/c1-9-3-2-4-10(7-9)12(15)11-8-13-5-6-14-11/h5-6,8-10H,2-4,7H2,1H3. The Morgan fingerprint density at radius 1 is 1.40 bits per heavy atom. The fraction of sp³-hybridized carbons (Fsp3) is 0.583. The van der Waals surface area contributed by atoms with Crippen LogP contribution in [0.25, 0.3) is 0 Å². The Morgan fingerprint density at radius 3 is 2.93 bits per heavy atom. The summed E-state index contributed by atoms with van der Waals surface area (Å²) in [4.78, 5) is 20.0. The molecule has 2 atom stereocenters. The number of Topliss-reactive ketones (excluding diaryl/α,β-unsaturated/α-hetero) is 1. The molecule has 0 aliphatic heterocycles. The van der Waals surface area contributed by atoms with E-state index in [1.165, 1.54) is 6.42 Å². The Hall–Kier alpha value is -1.25. The molecule has 1 aliphatic rings. The van der Waals surface area contributed by atoms with Gasteiger partial charge in [-0.2, -0.15) is 0 Å². The van der Waals surface area contributed by atoms with Crippen molar-refractivity contribution in [3.8, 4) is 0 Å². The molecule has 1 fully saturated rings. The number of aromatic nitrogens is 2. The predicted molar refractivity (Wildman–Crippen MR) is 57.5 cm³/mol. The van der Waals surface area contributed by atoms with Gasteiger partial charge in [-0.3, -0.25) is 9.78 Å². The first-order valence-electron chi connectivity index (χ1n) is 5.57. The minimum absolute atomic E-state index is 0.172. The zero-order valence-electron chi connectivity index (χ0n) is 9.02. The highest BCUT2D eigenvalue weighted by atomic mass is 16.1. The van der Waals surface area contributed by atoms with Gasteiger partial charge in [0.25, 0.3) is 0 Å². The lowest BCUT2D eigenvalue weighted by Gasteiger charge is -2.25. The molecule has 0 amide bonds. The van der Waals surface area contributed by atoms with Gasteiger partial charge in [0.15, 0.2) is 5.78 Å². The number of nitrogens with zero attached hydrogens (tertiary/aromatic N) is 2. The molecule has 0 radical (unpaired) electrons. The highest BCUT2D eigenvalue weighted by Crippen LogP contribution is 2.30. The molecule has 0 N–H and O–H groups in total. The van der Waals surface area contributed by atoms with Gasteiger partial charge < -0.3 is 0 Å². The van der Waals surface area contributed by atoms with Gasteiger partial charge in [0.1, 0.15) is 5.69 Å². The molecule has 2 rings (SSSR count). The quantitative estimate of drug-likeness (QED) is 0.695. The molecule has 0 bridgehead atoms. The van der Waals surface area contributed by atoms with Crippen molar-refractivity contribution in [2.45, 2.75) is 32.6 Å². The summed E-state index contributed by atoms with van der Waals surface area (Å²) in [6.45, 7) is 2.22. The first-order chi connectivity index (χ1) is 7.27. The van der Waals surface area contributed by atoms with Crippen molar-refractivity contribution in [3.05, 3.63) is 24.3 Å². The smallest absolute Gasteiger partial charge is 0.185 e. The van der Waals surface area contributed by atoms with E-state index in [1.807, 2.05) is 0 Å². The predicted octanol–water partition coefficient (Wildman–Crippen LogP) is 2.49. The first kappa shape index (κ1) is 10.3. The van der Waals surface area contributed by atoms with Crippen LogP contribution in [-0.4, -0.2) is 15.8 Å². The Balaban J connectivity index is 2.08. The average molecular weight is 204 g/mol. The molecule has 1 heterocycles. The molecule has 1 aromatic heterocycles. The van der Waals surface area contributed by atoms with E-state index in [0.29, 0.717) is 11.6 Å². The highest BCUT2D eigenvalue weighted by Gasteiger charge is 2.26. The summed E-state index contributed by atoms with van der Waals surface area (Å²) in [6, 6.07) is 0. The van der Waals surface area contributed by atoms with Gasteiger partial charge in [0.05, 0.1) is 6.20 Å². The minimum Gasteiger partial charge on any atom is -0.292 e. The summed E-state index contributed by atoms with van der Waals surface area (Å²) in [5.74, 6) is 1.02. The molecule has 0 spiro atoms. The van der Waals surface area contributed by atoms with Gasteiger partial charge in [-0.05, 0) is 18.8 Å². The molecule has 3 nitrogen and oxygen atoms in total. The van der Waals surface area contributed by atoms with Gasteiger partial charge >= 0.3 is 0 Å². The van der Waals surface area contributed by atoms with Crippen molar-refractivity contribution in [2.75, 3.05) is 0 Å². The van der Waals surface area contributed by atoms with Crippen LogP contribution in [0.1, 0.15) is 43.1 Å². The summed E-state index contributed by atoms with van der Waals surface area (Å²) in [5, 5.41) is 0. The SMILES string of the molecule is CC1CCCC(C(=O)c2cnccn2)C1. The van der Waals surface area contributed by atoms with Crippen molar-refractivity contribution in [1.82, 2.24) is 9.97 Å². The van der Waals surface area contributed by atoms with Gasteiger partial charge in [-0.25, -0.2) is 4.98 Å². The van der Waals surface area contributed by atoms with Crippen molar-refractivity contribution in [3.63, 3.8) is 0 Å². The Labute approximate surface area is 89.9 Å². The fourth-order valence-corrected chi connectivity index (χ4v) is 2.31. The molecule has 1 aliphatic carbocycles. The number of hydrogen-bond donors (Lipinski definition) is 0. The largest absolute Gasteiger partial charge is 0.292 e. The van der Waals surface area contributed by atoms with Gasteiger partial charge in [-0.15, -0.1) is 0 Å². The maximum atomic E-state index is 12.0. The lowest BCUT2D eigenvalue weighted by Crippen LogP contribution is -2.22. The third kappa shape index (κ3) is 2.41. The van der Waals surface area contributed by atoms with E-state index in [0.717, 1.165) is 19.3 Å². The minimum atomic E-state index is 0.172. The van der Waals surface area contributed by atoms with Crippen molar-refractivity contribution < 1.29 is 4.79 Å². The van der Waals surface area contributed by atoms with Crippen molar-refractivity contribution in [1.29, 1.82) is 0 Å². The van der Waals surface area contributed by atoms with Gasteiger partial charge in [0, 0.05) is 18.3 Å². The summed E-state index contributed by atoms with van der Waals surface area (Å²) >= 11 is 0. The summed E-state index contributed by atoms with van der Waals surface area (Å²) < 4.78 is 0. The molecule has 1 saturated carbocycles. The van der Waals surface area contributed by atoms with Crippen molar-refractivity contribution in [2.24, 2.45) is 11.8 Å².